The third-order valence-corrected chi connectivity index (χ3v) is 5.28. The van der Waals surface area contributed by atoms with Crippen molar-refractivity contribution in [3.8, 4) is 16.9 Å². The molecular formula is C20H17N3O4S. The topological polar surface area (TPSA) is 108 Å². The van der Waals surface area contributed by atoms with Crippen molar-refractivity contribution in [2.24, 2.45) is 5.10 Å². The van der Waals surface area contributed by atoms with Crippen LogP contribution in [0.4, 0.5) is 5.69 Å². The number of phenols is 1. The molecule has 0 atom stereocenters. The molecule has 3 aromatic carbocycles. The van der Waals surface area contributed by atoms with Gasteiger partial charge in [0.25, 0.3) is 10.0 Å². The molecule has 0 saturated heterocycles. The highest BCUT2D eigenvalue weighted by molar-refractivity contribution is 7.92. The van der Waals surface area contributed by atoms with Crippen LogP contribution in [0, 0.1) is 0 Å². The summed E-state index contributed by atoms with van der Waals surface area (Å²) < 4.78 is 27.6. The normalized spacial score (nSPS) is 11.3. The van der Waals surface area contributed by atoms with Crippen molar-refractivity contribution in [3.05, 3.63) is 78.4 Å². The number of hydrogen-bond donors (Lipinski definition) is 3. The molecule has 0 radical (unpaired) electrons. The van der Waals surface area contributed by atoms with Gasteiger partial charge < -0.3 is 5.11 Å². The fraction of sp³-hybridized carbons (Fsp3) is 0. The van der Waals surface area contributed by atoms with E-state index in [0.717, 1.165) is 11.1 Å². The second kappa shape index (κ2) is 8.36. The van der Waals surface area contributed by atoms with Crippen LogP contribution in [0.2, 0.25) is 0 Å². The largest absolute Gasteiger partial charge is 0.507 e. The Hall–Kier alpha value is -3.65. The number of carbonyl (C=O) groups is 1. The Morgan fingerprint density at radius 3 is 2.21 bits per heavy atom. The summed E-state index contributed by atoms with van der Waals surface area (Å²) in [5, 5.41) is 13.5. The fourth-order valence-electron chi connectivity index (χ4n) is 2.52. The van der Waals surface area contributed by atoms with Gasteiger partial charge in [0.1, 0.15) is 5.75 Å². The summed E-state index contributed by atoms with van der Waals surface area (Å²) in [7, 11) is -3.82. The minimum absolute atomic E-state index is 0.104. The smallest absolute Gasteiger partial charge is 0.261 e. The first-order valence-electron chi connectivity index (χ1n) is 8.23. The zero-order valence-corrected chi connectivity index (χ0v) is 15.4. The van der Waals surface area contributed by atoms with E-state index in [2.05, 4.69) is 15.2 Å². The number of hydrazone groups is 1. The fourth-order valence-corrected chi connectivity index (χ4v) is 3.57. The van der Waals surface area contributed by atoms with Crippen LogP contribution in [-0.2, 0) is 14.8 Å². The number of anilines is 1. The zero-order chi connectivity index (χ0) is 20.0. The molecule has 0 aliphatic rings. The number of benzene rings is 3. The summed E-state index contributed by atoms with van der Waals surface area (Å²) in [4.78, 5) is 10.3. The molecule has 0 bridgehead atoms. The molecule has 3 N–H and O–H groups in total. The van der Waals surface area contributed by atoms with Crippen molar-refractivity contribution in [2.75, 3.05) is 4.72 Å². The molecule has 0 unspecified atom stereocenters. The van der Waals surface area contributed by atoms with Gasteiger partial charge in [-0.25, -0.2) is 13.8 Å². The highest BCUT2D eigenvalue weighted by atomic mass is 32.2. The minimum Gasteiger partial charge on any atom is -0.507 e. The number of rotatable bonds is 7. The molecule has 3 aromatic rings. The average Bonchev–Trinajstić information content (AvgIpc) is 2.70. The van der Waals surface area contributed by atoms with Crippen LogP contribution in [0.15, 0.2) is 82.8 Å². The van der Waals surface area contributed by atoms with Gasteiger partial charge in [0.15, 0.2) is 0 Å². The predicted molar refractivity (Wildman–Crippen MR) is 108 cm³/mol. The van der Waals surface area contributed by atoms with Crippen molar-refractivity contribution >= 4 is 28.3 Å². The van der Waals surface area contributed by atoms with Crippen molar-refractivity contribution in [2.45, 2.75) is 4.90 Å². The van der Waals surface area contributed by atoms with E-state index in [1.54, 1.807) is 12.1 Å². The summed E-state index contributed by atoms with van der Waals surface area (Å²) in [5.41, 5.74) is 4.50. The van der Waals surface area contributed by atoms with Gasteiger partial charge in [-0.2, -0.15) is 5.10 Å². The van der Waals surface area contributed by atoms with Gasteiger partial charge in [0, 0.05) is 11.6 Å². The number of amides is 1. The lowest BCUT2D eigenvalue weighted by Crippen LogP contribution is -2.12. The molecule has 0 aliphatic heterocycles. The molecular weight excluding hydrogens is 378 g/mol. The number of carbonyl (C=O) groups excluding carboxylic acids is 1. The molecule has 0 spiro atoms. The molecule has 142 valence electrons. The SMILES string of the molecule is O=CN/N=C/c1ccc(NS(=O)(=O)c2ccc(-c3ccccc3)cc2)cc1O. The van der Waals surface area contributed by atoms with Crippen LogP contribution < -0.4 is 10.1 Å². The highest BCUT2D eigenvalue weighted by Gasteiger charge is 2.15. The number of sulfonamides is 1. The van der Waals surface area contributed by atoms with Gasteiger partial charge in [-0.15, -0.1) is 0 Å². The van der Waals surface area contributed by atoms with Crippen molar-refractivity contribution < 1.29 is 18.3 Å². The molecule has 7 nitrogen and oxygen atoms in total. The molecule has 3 rings (SSSR count). The van der Waals surface area contributed by atoms with Crippen LogP contribution in [0.3, 0.4) is 0 Å². The summed E-state index contributed by atoms with van der Waals surface area (Å²) in [6, 6.07) is 20.4. The second-order valence-corrected chi connectivity index (χ2v) is 7.46. The molecule has 0 fully saturated rings. The number of nitrogens with zero attached hydrogens (tertiary/aromatic N) is 1. The molecule has 1 amide bonds. The summed E-state index contributed by atoms with van der Waals surface area (Å²) in [6.07, 6.45) is 1.63. The molecule has 8 heteroatoms. The first-order chi connectivity index (χ1) is 13.5. The Balaban J connectivity index is 1.78. The lowest BCUT2D eigenvalue weighted by molar-refractivity contribution is -0.109. The van der Waals surface area contributed by atoms with Crippen molar-refractivity contribution in [3.63, 3.8) is 0 Å². The van der Waals surface area contributed by atoms with Gasteiger partial charge >= 0.3 is 0 Å². The second-order valence-electron chi connectivity index (χ2n) is 5.77. The van der Waals surface area contributed by atoms with Crippen molar-refractivity contribution in [1.82, 2.24) is 5.43 Å². The number of nitrogens with one attached hydrogen (secondary N) is 2. The zero-order valence-electron chi connectivity index (χ0n) is 14.6. The first kappa shape index (κ1) is 19.1. The predicted octanol–water partition coefficient (Wildman–Crippen LogP) is 2.94. The van der Waals surface area contributed by atoms with Crippen LogP contribution >= 0.6 is 0 Å². The van der Waals surface area contributed by atoms with Crippen LogP contribution in [0.25, 0.3) is 11.1 Å². The van der Waals surface area contributed by atoms with E-state index >= 15 is 0 Å². The lowest BCUT2D eigenvalue weighted by atomic mass is 10.1. The number of phenolic OH excluding ortho intramolecular Hbond substituents is 1. The summed E-state index contributed by atoms with van der Waals surface area (Å²) in [5.74, 6) is -0.184. The Kier molecular flexibility index (Phi) is 5.71. The van der Waals surface area contributed by atoms with E-state index in [4.69, 9.17) is 0 Å². The van der Waals surface area contributed by atoms with E-state index in [-0.39, 0.29) is 16.3 Å². The maximum absolute atomic E-state index is 12.6. The molecule has 0 aliphatic carbocycles. The van der Waals surface area contributed by atoms with Gasteiger partial charge in [-0.1, -0.05) is 42.5 Å². The van der Waals surface area contributed by atoms with Gasteiger partial charge in [-0.3, -0.25) is 9.52 Å². The number of hydrogen-bond acceptors (Lipinski definition) is 5. The Bertz CT molecular complexity index is 1100. The van der Waals surface area contributed by atoms with Crippen molar-refractivity contribution in [1.29, 1.82) is 0 Å². The summed E-state index contributed by atoms with van der Waals surface area (Å²) in [6.45, 7) is 0. The van der Waals surface area contributed by atoms with Crippen LogP contribution in [-0.4, -0.2) is 26.1 Å². The third kappa shape index (κ3) is 4.54. The van der Waals surface area contributed by atoms with E-state index in [1.807, 2.05) is 30.3 Å². The van der Waals surface area contributed by atoms with E-state index in [0.29, 0.717) is 12.0 Å². The van der Waals surface area contributed by atoms with E-state index in [1.165, 1.54) is 36.5 Å². The average molecular weight is 395 g/mol. The molecule has 0 aromatic heterocycles. The quantitative estimate of drug-likeness (QED) is 0.325. The Morgan fingerprint density at radius 1 is 0.893 bits per heavy atom. The Labute approximate surface area is 162 Å². The van der Waals surface area contributed by atoms with Gasteiger partial charge in [-0.05, 0) is 35.4 Å². The van der Waals surface area contributed by atoms with Gasteiger partial charge in [0.2, 0.25) is 6.41 Å². The lowest BCUT2D eigenvalue weighted by Gasteiger charge is -2.10. The molecule has 28 heavy (non-hydrogen) atoms. The maximum Gasteiger partial charge on any atom is 0.261 e. The first-order valence-corrected chi connectivity index (χ1v) is 9.71. The summed E-state index contributed by atoms with van der Waals surface area (Å²) >= 11 is 0. The van der Waals surface area contributed by atoms with Crippen LogP contribution in [0.1, 0.15) is 5.56 Å². The van der Waals surface area contributed by atoms with Gasteiger partial charge in [0.05, 0.1) is 16.8 Å². The standard InChI is InChI=1S/C20H17N3O4S/c24-14-22-21-13-17-6-9-18(12-20(17)25)23-28(26,27)19-10-7-16(8-11-19)15-4-2-1-3-5-15/h1-14,23,25H,(H,22,24)/b21-13+. The van der Waals surface area contributed by atoms with Crippen LogP contribution in [0.5, 0.6) is 5.75 Å². The minimum atomic E-state index is -3.82. The Morgan fingerprint density at radius 2 is 1.57 bits per heavy atom. The van der Waals surface area contributed by atoms with E-state index in [9.17, 15) is 18.3 Å². The molecule has 0 saturated carbocycles. The maximum atomic E-state index is 12.6. The molecule has 0 heterocycles. The number of aromatic hydroxyl groups is 1. The monoisotopic (exact) mass is 395 g/mol. The third-order valence-electron chi connectivity index (χ3n) is 3.89. The highest BCUT2D eigenvalue weighted by Crippen LogP contribution is 2.25. The van der Waals surface area contributed by atoms with E-state index < -0.39 is 10.0 Å².